The second kappa shape index (κ2) is 4.54. The Morgan fingerprint density at radius 1 is 1.19 bits per heavy atom. The molecule has 3 heteroatoms. The van der Waals surface area contributed by atoms with Gasteiger partial charge in [-0.15, -0.1) is 0 Å². The van der Waals surface area contributed by atoms with Crippen LogP contribution in [0.3, 0.4) is 0 Å². The molecule has 2 rings (SSSR count). The van der Waals surface area contributed by atoms with Gasteiger partial charge in [0.15, 0.2) is 0 Å². The zero-order valence-corrected chi connectivity index (χ0v) is 8.52. The molecule has 78 valence electrons. The van der Waals surface area contributed by atoms with Gasteiger partial charge < -0.3 is 0 Å². The van der Waals surface area contributed by atoms with E-state index in [1.165, 1.54) is 6.07 Å². The van der Waals surface area contributed by atoms with Gasteiger partial charge in [-0.1, -0.05) is 24.3 Å². The third kappa shape index (κ3) is 2.06. The van der Waals surface area contributed by atoms with E-state index in [0.717, 1.165) is 5.56 Å². The number of pyridine rings is 1. The van der Waals surface area contributed by atoms with Gasteiger partial charge in [-0.05, 0) is 12.1 Å². The summed E-state index contributed by atoms with van der Waals surface area (Å²) in [5, 5.41) is 8.50. The second-order valence-corrected chi connectivity index (χ2v) is 3.35. The lowest BCUT2D eigenvalue weighted by Crippen LogP contribution is -1.89. The predicted octanol–water partition coefficient (Wildman–Crippen LogP) is 2.95. The fourth-order valence-corrected chi connectivity index (χ4v) is 1.46. The van der Waals surface area contributed by atoms with Crippen LogP contribution in [0.4, 0.5) is 4.39 Å². The van der Waals surface area contributed by atoms with Crippen molar-refractivity contribution < 1.29 is 4.39 Å². The Labute approximate surface area is 93.0 Å². The van der Waals surface area contributed by atoms with E-state index in [1.807, 2.05) is 6.07 Å². The Bertz CT molecular complexity index is 526. The van der Waals surface area contributed by atoms with Gasteiger partial charge in [-0.3, -0.25) is 4.98 Å². The lowest BCUT2D eigenvalue weighted by Gasteiger charge is -2.02. The van der Waals surface area contributed by atoms with Crippen LogP contribution in [-0.2, 0) is 6.42 Å². The van der Waals surface area contributed by atoms with E-state index in [9.17, 15) is 4.39 Å². The van der Waals surface area contributed by atoms with Crippen molar-refractivity contribution in [3.8, 4) is 17.2 Å². The third-order valence-corrected chi connectivity index (χ3v) is 2.27. The van der Waals surface area contributed by atoms with Crippen LogP contribution < -0.4 is 0 Å². The van der Waals surface area contributed by atoms with E-state index in [2.05, 4.69) is 4.98 Å². The van der Waals surface area contributed by atoms with Gasteiger partial charge in [0.2, 0.25) is 0 Å². The van der Waals surface area contributed by atoms with Gasteiger partial charge in [0.1, 0.15) is 5.82 Å². The van der Waals surface area contributed by atoms with E-state index < -0.39 is 0 Å². The SMILES string of the molecule is N#CCc1ccc(-c2ccccc2F)cn1. The van der Waals surface area contributed by atoms with Gasteiger partial charge in [0.05, 0.1) is 18.2 Å². The van der Waals surface area contributed by atoms with E-state index in [0.29, 0.717) is 11.3 Å². The summed E-state index contributed by atoms with van der Waals surface area (Å²) in [6.45, 7) is 0. The fourth-order valence-electron chi connectivity index (χ4n) is 1.46. The third-order valence-electron chi connectivity index (χ3n) is 2.27. The molecule has 16 heavy (non-hydrogen) atoms. The highest BCUT2D eigenvalue weighted by atomic mass is 19.1. The van der Waals surface area contributed by atoms with Crippen molar-refractivity contribution in [2.45, 2.75) is 6.42 Å². The number of hydrogen-bond acceptors (Lipinski definition) is 2. The highest BCUT2D eigenvalue weighted by Gasteiger charge is 2.03. The molecule has 1 aromatic carbocycles. The molecule has 0 saturated heterocycles. The first-order valence-corrected chi connectivity index (χ1v) is 4.88. The first kappa shape index (κ1) is 10.3. The van der Waals surface area contributed by atoms with Gasteiger partial charge >= 0.3 is 0 Å². The zero-order valence-electron chi connectivity index (χ0n) is 8.52. The molecule has 0 aliphatic heterocycles. The summed E-state index contributed by atoms with van der Waals surface area (Å²) in [6.07, 6.45) is 1.86. The Hall–Kier alpha value is -2.21. The van der Waals surface area contributed by atoms with Crippen LogP contribution in [0.1, 0.15) is 5.69 Å². The minimum Gasteiger partial charge on any atom is -0.260 e. The number of hydrogen-bond donors (Lipinski definition) is 0. The average Bonchev–Trinajstić information content (AvgIpc) is 2.31. The highest BCUT2D eigenvalue weighted by molar-refractivity contribution is 5.63. The van der Waals surface area contributed by atoms with Crippen LogP contribution in [-0.4, -0.2) is 4.98 Å². The maximum absolute atomic E-state index is 13.4. The molecule has 0 aliphatic rings. The molecule has 2 aromatic rings. The van der Waals surface area contributed by atoms with Crippen molar-refractivity contribution in [2.24, 2.45) is 0 Å². The Balaban J connectivity index is 2.36. The molecule has 1 aromatic heterocycles. The van der Waals surface area contributed by atoms with Crippen LogP contribution >= 0.6 is 0 Å². The van der Waals surface area contributed by atoms with Crippen LogP contribution in [0.15, 0.2) is 42.6 Å². The van der Waals surface area contributed by atoms with Crippen LogP contribution in [0.2, 0.25) is 0 Å². The summed E-state index contributed by atoms with van der Waals surface area (Å²) < 4.78 is 13.4. The molecule has 0 bridgehead atoms. The summed E-state index contributed by atoms with van der Waals surface area (Å²) in [6, 6.07) is 12.1. The van der Waals surface area contributed by atoms with Crippen LogP contribution in [0, 0.1) is 17.1 Å². The first-order valence-electron chi connectivity index (χ1n) is 4.88. The molecule has 0 unspecified atom stereocenters. The summed E-state index contributed by atoms with van der Waals surface area (Å²) in [5.74, 6) is -0.266. The average molecular weight is 212 g/mol. The lowest BCUT2D eigenvalue weighted by molar-refractivity contribution is 0.631. The molecule has 0 atom stereocenters. The minimum atomic E-state index is -0.266. The lowest BCUT2D eigenvalue weighted by atomic mass is 10.1. The zero-order chi connectivity index (χ0) is 11.4. The Morgan fingerprint density at radius 3 is 2.62 bits per heavy atom. The van der Waals surface area contributed by atoms with Crippen molar-refractivity contribution in [3.63, 3.8) is 0 Å². The molecule has 0 radical (unpaired) electrons. The molecule has 0 saturated carbocycles. The number of halogens is 1. The normalized spacial score (nSPS) is 9.75. The van der Waals surface area contributed by atoms with Gasteiger partial charge in [0, 0.05) is 17.3 Å². The van der Waals surface area contributed by atoms with Gasteiger partial charge in [-0.25, -0.2) is 4.39 Å². The molecular formula is C13H9FN2. The maximum Gasteiger partial charge on any atom is 0.131 e. The Morgan fingerprint density at radius 2 is 2.00 bits per heavy atom. The highest BCUT2D eigenvalue weighted by Crippen LogP contribution is 2.21. The van der Waals surface area contributed by atoms with E-state index in [1.54, 1.807) is 36.5 Å². The van der Waals surface area contributed by atoms with E-state index >= 15 is 0 Å². The van der Waals surface area contributed by atoms with Crippen molar-refractivity contribution in [3.05, 3.63) is 54.1 Å². The number of benzene rings is 1. The van der Waals surface area contributed by atoms with Crippen molar-refractivity contribution in [2.75, 3.05) is 0 Å². The molecule has 1 heterocycles. The number of nitrogens with zero attached hydrogens (tertiary/aromatic N) is 2. The molecular weight excluding hydrogens is 203 g/mol. The van der Waals surface area contributed by atoms with Crippen LogP contribution in [0.25, 0.3) is 11.1 Å². The molecule has 0 N–H and O–H groups in total. The summed E-state index contributed by atoms with van der Waals surface area (Å²) in [5.41, 5.74) is 1.95. The largest absolute Gasteiger partial charge is 0.260 e. The maximum atomic E-state index is 13.4. The quantitative estimate of drug-likeness (QED) is 0.767. The first-order chi connectivity index (χ1) is 7.81. The monoisotopic (exact) mass is 212 g/mol. The molecule has 2 nitrogen and oxygen atoms in total. The smallest absolute Gasteiger partial charge is 0.131 e. The standard InChI is InChI=1S/C13H9FN2/c14-13-4-2-1-3-12(13)10-5-6-11(7-8-15)16-9-10/h1-6,9H,7H2. The van der Waals surface area contributed by atoms with E-state index in [-0.39, 0.29) is 12.2 Å². The van der Waals surface area contributed by atoms with E-state index in [4.69, 9.17) is 5.26 Å². The van der Waals surface area contributed by atoms with Crippen molar-refractivity contribution in [1.29, 1.82) is 5.26 Å². The Kier molecular flexibility index (Phi) is 2.93. The summed E-state index contributed by atoms with van der Waals surface area (Å²) >= 11 is 0. The molecule has 0 amide bonds. The number of rotatable bonds is 2. The van der Waals surface area contributed by atoms with Crippen LogP contribution in [0.5, 0.6) is 0 Å². The van der Waals surface area contributed by atoms with Crippen molar-refractivity contribution in [1.82, 2.24) is 4.98 Å². The molecule has 0 spiro atoms. The minimum absolute atomic E-state index is 0.266. The van der Waals surface area contributed by atoms with Gasteiger partial charge in [0.25, 0.3) is 0 Å². The predicted molar refractivity (Wildman–Crippen MR) is 58.9 cm³/mol. The number of aromatic nitrogens is 1. The molecule has 0 fully saturated rings. The fraction of sp³-hybridized carbons (Fsp3) is 0.0769. The van der Waals surface area contributed by atoms with Gasteiger partial charge in [-0.2, -0.15) is 5.26 Å². The van der Waals surface area contributed by atoms with Crippen molar-refractivity contribution >= 4 is 0 Å². The summed E-state index contributed by atoms with van der Waals surface area (Å²) in [4.78, 5) is 4.10. The second-order valence-electron chi connectivity index (χ2n) is 3.35. The topological polar surface area (TPSA) is 36.7 Å². The molecule has 0 aliphatic carbocycles. The number of nitriles is 1. The summed E-state index contributed by atoms with van der Waals surface area (Å²) in [7, 11) is 0.